The van der Waals surface area contributed by atoms with Crippen molar-refractivity contribution in [2.45, 2.75) is 37.9 Å². The Morgan fingerprint density at radius 1 is 1.09 bits per heavy atom. The topological polar surface area (TPSA) is 119 Å². The zero-order chi connectivity index (χ0) is 23.8. The molecule has 33 heavy (non-hydrogen) atoms. The number of piperazine rings is 1. The van der Waals surface area contributed by atoms with Crippen molar-refractivity contribution < 1.29 is 19.8 Å². The fourth-order valence-electron chi connectivity index (χ4n) is 4.22. The number of hydrogen-bond donors (Lipinski definition) is 4. The van der Waals surface area contributed by atoms with Gasteiger partial charge in [0.2, 0.25) is 11.8 Å². The van der Waals surface area contributed by atoms with Crippen LogP contribution in [0.1, 0.15) is 18.1 Å². The Balaban J connectivity index is 1.62. The molecule has 0 saturated carbocycles. The molecule has 1 fully saturated rings. The lowest BCUT2D eigenvalue weighted by molar-refractivity contribution is -0.140. The van der Waals surface area contributed by atoms with Crippen LogP contribution in [0.15, 0.2) is 54.6 Å². The summed E-state index contributed by atoms with van der Waals surface area (Å²) in [6.07, 6.45) is 1.01. The molecule has 3 atom stereocenters. The average Bonchev–Trinajstić information content (AvgIpc) is 2.81. The Morgan fingerprint density at radius 3 is 2.45 bits per heavy atom. The van der Waals surface area contributed by atoms with Gasteiger partial charge in [0, 0.05) is 32.2 Å². The summed E-state index contributed by atoms with van der Waals surface area (Å²) in [4.78, 5) is 29.9. The second-order valence-electron chi connectivity index (χ2n) is 8.61. The van der Waals surface area contributed by atoms with E-state index in [9.17, 15) is 19.8 Å². The van der Waals surface area contributed by atoms with Gasteiger partial charge in [0.25, 0.3) is 0 Å². The number of carbonyl (C=O) groups excluding carboxylic acids is 2. The number of nitrogens with one attached hydrogen (secondary N) is 1. The second-order valence-corrected chi connectivity index (χ2v) is 8.61. The summed E-state index contributed by atoms with van der Waals surface area (Å²) in [6.45, 7) is 4.23. The first-order valence-electron chi connectivity index (χ1n) is 11.4. The van der Waals surface area contributed by atoms with Gasteiger partial charge < -0.3 is 26.2 Å². The minimum atomic E-state index is -0.800. The van der Waals surface area contributed by atoms with Crippen molar-refractivity contribution in [2.24, 2.45) is 5.73 Å². The van der Waals surface area contributed by atoms with Crippen LogP contribution < -0.4 is 11.1 Å². The number of aliphatic hydroxyl groups is 1. The molecule has 0 aliphatic carbocycles. The lowest BCUT2D eigenvalue weighted by Crippen LogP contribution is -2.60. The molecule has 2 amide bonds. The van der Waals surface area contributed by atoms with Crippen molar-refractivity contribution >= 4 is 11.8 Å². The Kier molecular flexibility index (Phi) is 8.82. The van der Waals surface area contributed by atoms with Gasteiger partial charge in [-0.2, -0.15) is 0 Å². The number of benzene rings is 2. The van der Waals surface area contributed by atoms with Crippen LogP contribution in [0.2, 0.25) is 0 Å². The summed E-state index contributed by atoms with van der Waals surface area (Å²) in [7, 11) is 0. The molecule has 0 bridgehead atoms. The summed E-state index contributed by atoms with van der Waals surface area (Å²) in [5.41, 5.74) is 8.03. The summed E-state index contributed by atoms with van der Waals surface area (Å²) in [5, 5.41) is 21.5. The van der Waals surface area contributed by atoms with Crippen LogP contribution in [-0.2, 0) is 22.4 Å². The smallest absolute Gasteiger partial charge is 0.245 e. The Hall–Kier alpha value is -2.94. The zero-order valence-corrected chi connectivity index (χ0v) is 19.1. The van der Waals surface area contributed by atoms with E-state index in [0.717, 1.165) is 11.1 Å². The number of hydrogen-bond acceptors (Lipinski definition) is 6. The van der Waals surface area contributed by atoms with Crippen LogP contribution in [0, 0.1) is 0 Å². The molecule has 2 aromatic carbocycles. The Morgan fingerprint density at radius 2 is 1.79 bits per heavy atom. The zero-order valence-electron chi connectivity index (χ0n) is 19.1. The molecule has 8 nitrogen and oxygen atoms in total. The third-order valence-electron chi connectivity index (χ3n) is 6.04. The van der Waals surface area contributed by atoms with E-state index < -0.39 is 12.1 Å². The van der Waals surface area contributed by atoms with Gasteiger partial charge in [-0.1, -0.05) is 42.5 Å². The van der Waals surface area contributed by atoms with Crippen molar-refractivity contribution in [3.05, 3.63) is 65.7 Å². The molecule has 5 N–H and O–H groups in total. The maximum absolute atomic E-state index is 13.3. The van der Waals surface area contributed by atoms with E-state index in [-0.39, 0.29) is 30.2 Å². The Bertz CT molecular complexity index is 906. The van der Waals surface area contributed by atoms with Gasteiger partial charge in [-0.25, -0.2) is 0 Å². The highest BCUT2D eigenvalue weighted by Crippen LogP contribution is 2.17. The highest BCUT2D eigenvalue weighted by molar-refractivity contribution is 5.89. The van der Waals surface area contributed by atoms with E-state index in [1.165, 1.54) is 0 Å². The van der Waals surface area contributed by atoms with E-state index in [2.05, 4.69) is 10.2 Å². The number of aromatic hydroxyl groups is 1. The van der Waals surface area contributed by atoms with E-state index >= 15 is 0 Å². The predicted octanol–water partition coefficient (Wildman–Crippen LogP) is 0.515. The Labute approximate surface area is 195 Å². The molecule has 2 aromatic rings. The van der Waals surface area contributed by atoms with Crippen LogP contribution >= 0.6 is 0 Å². The molecule has 1 aliphatic rings. The molecule has 0 radical (unpaired) electrons. The highest BCUT2D eigenvalue weighted by atomic mass is 16.3. The van der Waals surface area contributed by atoms with Gasteiger partial charge in [0.1, 0.15) is 11.8 Å². The summed E-state index contributed by atoms with van der Waals surface area (Å²) < 4.78 is 0. The van der Waals surface area contributed by atoms with E-state index in [0.29, 0.717) is 39.0 Å². The van der Waals surface area contributed by atoms with Crippen molar-refractivity contribution in [1.82, 2.24) is 15.1 Å². The predicted molar refractivity (Wildman–Crippen MR) is 127 cm³/mol. The molecule has 0 aromatic heterocycles. The third kappa shape index (κ3) is 7.02. The molecule has 3 rings (SSSR count). The number of phenols is 1. The number of β-amino-alcohol motifs (C(OH)–C–C–N with tert-alkyl or cyclic N) is 1. The van der Waals surface area contributed by atoms with Crippen molar-refractivity contribution in [3.8, 4) is 5.75 Å². The van der Waals surface area contributed by atoms with Crippen LogP contribution in [-0.4, -0.2) is 82.7 Å². The fourth-order valence-corrected chi connectivity index (χ4v) is 4.22. The summed E-state index contributed by atoms with van der Waals surface area (Å²) >= 11 is 0. The molecule has 8 heteroatoms. The largest absolute Gasteiger partial charge is 0.508 e. The number of phenolic OH excluding ortho intramolecular Hbond substituents is 1. The lowest BCUT2D eigenvalue weighted by atomic mass is 10.0. The molecule has 1 heterocycles. The van der Waals surface area contributed by atoms with Crippen molar-refractivity contribution in [1.29, 1.82) is 0 Å². The number of nitrogens with two attached hydrogens (primary N) is 1. The molecular weight excluding hydrogens is 420 g/mol. The molecule has 0 unspecified atom stereocenters. The fraction of sp³-hybridized carbons (Fsp3) is 0.440. The first-order chi connectivity index (χ1) is 15.9. The first-order valence-corrected chi connectivity index (χ1v) is 11.4. The summed E-state index contributed by atoms with van der Waals surface area (Å²) in [5.74, 6) is -0.368. The van der Waals surface area contributed by atoms with E-state index in [4.69, 9.17) is 5.73 Å². The molecule has 1 aliphatic heterocycles. The SMILES string of the molecule is C[C@@H](NC(=O)[C@@H](N)Cc1ccc(O)cc1)C(=O)N1CCN(CCO)C[C@@H]1Cc1ccccc1. The van der Waals surface area contributed by atoms with Gasteiger partial charge in [-0.3, -0.25) is 14.5 Å². The molecule has 178 valence electrons. The summed E-state index contributed by atoms with van der Waals surface area (Å²) in [6, 6.07) is 15.0. The number of nitrogens with zero attached hydrogens (tertiary/aromatic N) is 2. The second kappa shape index (κ2) is 11.8. The van der Waals surface area contributed by atoms with Gasteiger partial charge in [-0.05, 0) is 43.0 Å². The van der Waals surface area contributed by atoms with Gasteiger partial charge in [0.05, 0.1) is 12.6 Å². The average molecular weight is 455 g/mol. The highest BCUT2D eigenvalue weighted by Gasteiger charge is 2.33. The quantitative estimate of drug-likeness (QED) is 0.439. The maximum Gasteiger partial charge on any atom is 0.245 e. The van der Waals surface area contributed by atoms with Crippen LogP contribution in [0.5, 0.6) is 5.75 Å². The van der Waals surface area contributed by atoms with Crippen LogP contribution in [0.25, 0.3) is 0 Å². The number of amides is 2. The normalized spacial score (nSPS) is 18.5. The minimum Gasteiger partial charge on any atom is -0.508 e. The van der Waals surface area contributed by atoms with Gasteiger partial charge in [-0.15, -0.1) is 0 Å². The lowest BCUT2D eigenvalue weighted by Gasteiger charge is -2.42. The van der Waals surface area contributed by atoms with Gasteiger partial charge >= 0.3 is 0 Å². The van der Waals surface area contributed by atoms with Gasteiger partial charge in [0.15, 0.2) is 0 Å². The van der Waals surface area contributed by atoms with E-state index in [1.807, 2.05) is 35.2 Å². The number of carbonyl (C=O) groups is 2. The van der Waals surface area contributed by atoms with Crippen LogP contribution in [0.3, 0.4) is 0 Å². The third-order valence-corrected chi connectivity index (χ3v) is 6.04. The van der Waals surface area contributed by atoms with Crippen molar-refractivity contribution in [2.75, 3.05) is 32.8 Å². The van der Waals surface area contributed by atoms with Crippen LogP contribution in [0.4, 0.5) is 0 Å². The minimum absolute atomic E-state index is 0.0507. The van der Waals surface area contributed by atoms with Crippen molar-refractivity contribution in [3.63, 3.8) is 0 Å². The molecular formula is C25H34N4O4. The number of rotatable bonds is 9. The number of aliphatic hydroxyl groups excluding tert-OH is 1. The first kappa shape index (κ1) is 24.7. The van der Waals surface area contributed by atoms with E-state index in [1.54, 1.807) is 31.2 Å². The monoisotopic (exact) mass is 454 g/mol. The standard InChI is InChI=1S/C25H34N4O4/c1-18(27-24(32)23(26)16-20-7-9-22(31)10-8-20)25(33)29-12-11-28(13-14-30)17-21(29)15-19-5-3-2-4-6-19/h2-10,18,21,23,30-31H,11-17,26H2,1H3,(H,27,32)/t18-,21+,23+/m1/s1. The molecule has 1 saturated heterocycles. The molecule has 0 spiro atoms. The maximum atomic E-state index is 13.3.